The predicted molar refractivity (Wildman–Crippen MR) is 117 cm³/mol. The molecular formula is C18H26BrIN4O. The molecule has 138 valence electrons. The maximum Gasteiger partial charge on any atom is 0.194 e. The number of aliphatic hydroxyl groups is 1. The van der Waals surface area contributed by atoms with Gasteiger partial charge < -0.3 is 19.9 Å². The molecule has 0 saturated carbocycles. The number of hydrogen-bond donors (Lipinski definition) is 2. The van der Waals surface area contributed by atoms with Crippen LogP contribution in [-0.4, -0.2) is 34.1 Å². The molecule has 1 aromatic carbocycles. The van der Waals surface area contributed by atoms with Gasteiger partial charge in [0, 0.05) is 37.0 Å². The van der Waals surface area contributed by atoms with E-state index in [-0.39, 0.29) is 30.6 Å². The average molecular weight is 521 g/mol. The van der Waals surface area contributed by atoms with E-state index in [1.807, 2.05) is 44.6 Å². The van der Waals surface area contributed by atoms with Crippen molar-refractivity contribution in [1.82, 2.24) is 14.8 Å². The summed E-state index contributed by atoms with van der Waals surface area (Å²) >= 11 is 3.51. The molecule has 0 aliphatic rings. The molecule has 1 heterocycles. The highest BCUT2D eigenvalue weighted by atomic mass is 127. The Bertz CT molecular complexity index is 702. The van der Waals surface area contributed by atoms with Gasteiger partial charge in [-0.15, -0.1) is 24.0 Å². The van der Waals surface area contributed by atoms with E-state index >= 15 is 0 Å². The van der Waals surface area contributed by atoms with E-state index in [1.165, 1.54) is 5.69 Å². The number of nitrogens with one attached hydrogen (secondary N) is 1. The van der Waals surface area contributed by atoms with Crippen LogP contribution in [0, 0.1) is 0 Å². The molecule has 1 aromatic heterocycles. The fourth-order valence-corrected chi connectivity index (χ4v) is 3.11. The minimum atomic E-state index is 0. The van der Waals surface area contributed by atoms with E-state index in [2.05, 4.69) is 43.7 Å². The number of guanidine groups is 1. The lowest BCUT2D eigenvalue weighted by Gasteiger charge is -2.22. The highest BCUT2D eigenvalue weighted by Crippen LogP contribution is 2.15. The van der Waals surface area contributed by atoms with E-state index in [0.29, 0.717) is 6.54 Å². The third-order valence-corrected chi connectivity index (χ3v) is 4.29. The Morgan fingerprint density at radius 1 is 1.32 bits per heavy atom. The molecule has 2 N–H and O–H groups in total. The van der Waals surface area contributed by atoms with Crippen LogP contribution in [0.3, 0.4) is 0 Å². The van der Waals surface area contributed by atoms with E-state index < -0.39 is 0 Å². The summed E-state index contributed by atoms with van der Waals surface area (Å²) in [5.74, 6) is 0.850. The van der Waals surface area contributed by atoms with Crippen molar-refractivity contribution in [1.29, 1.82) is 0 Å². The third kappa shape index (κ3) is 6.31. The molecule has 0 unspecified atom stereocenters. The molecular weight excluding hydrogens is 495 g/mol. The molecule has 2 aromatic rings. The molecule has 0 aliphatic heterocycles. The van der Waals surface area contributed by atoms with Crippen LogP contribution in [0.4, 0.5) is 0 Å². The quantitative estimate of drug-likeness (QED) is 0.348. The number of aliphatic imine (C=N–C) groups is 1. The topological polar surface area (TPSA) is 52.8 Å². The van der Waals surface area contributed by atoms with E-state index in [4.69, 9.17) is 4.99 Å². The number of rotatable bonds is 6. The van der Waals surface area contributed by atoms with Gasteiger partial charge in [0.1, 0.15) is 0 Å². The summed E-state index contributed by atoms with van der Waals surface area (Å²) < 4.78 is 3.18. The molecule has 0 amide bonds. The summed E-state index contributed by atoms with van der Waals surface area (Å²) in [5, 5.41) is 12.8. The number of nitrogens with zero attached hydrogens (tertiary/aromatic N) is 3. The summed E-state index contributed by atoms with van der Waals surface area (Å²) in [6.07, 6.45) is 2.05. The van der Waals surface area contributed by atoms with Gasteiger partial charge in [0.05, 0.1) is 19.7 Å². The molecule has 0 saturated heterocycles. The second-order valence-corrected chi connectivity index (χ2v) is 6.63. The Labute approximate surface area is 175 Å². The zero-order chi connectivity index (χ0) is 17.5. The summed E-state index contributed by atoms with van der Waals surface area (Å²) in [5.41, 5.74) is 3.17. The standard InChI is InChI=1S/C18H25BrN4O.HI/c1-4-20-18(21-10-14-7-5-6-8-15(14)13-24)23(3)12-17-9-16(19)11-22(17)2;/h5-9,11,24H,4,10,12-13H2,1-3H3,(H,20,21);1H. The van der Waals surface area contributed by atoms with Crippen LogP contribution in [0.2, 0.25) is 0 Å². The van der Waals surface area contributed by atoms with Crippen LogP contribution in [-0.2, 0) is 26.7 Å². The maximum atomic E-state index is 9.44. The van der Waals surface area contributed by atoms with E-state index in [0.717, 1.165) is 34.6 Å². The SMILES string of the molecule is CCNC(=NCc1ccccc1CO)N(C)Cc1cc(Br)cn1C.I. The minimum absolute atomic E-state index is 0. The molecule has 0 radical (unpaired) electrons. The van der Waals surface area contributed by atoms with Crippen molar-refractivity contribution in [3.63, 3.8) is 0 Å². The fraction of sp³-hybridized carbons (Fsp3) is 0.389. The number of aromatic nitrogens is 1. The second-order valence-electron chi connectivity index (χ2n) is 5.71. The van der Waals surface area contributed by atoms with Crippen molar-refractivity contribution >= 4 is 45.9 Å². The first-order chi connectivity index (χ1) is 11.5. The number of hydrogen-bond acceptors (Lipinski definition) is 2. The molecule has 2 rings (SSSR count). The van der Waals surface area contributed by atoms with Crippen molar-refractivity contribution in [3.05, 3.63) is 57.8 Å². The van der Waals surface area contributed by atoms with Crippen LogP contribution < -0.4 is 5.32 Å². The molecule has 5 nitrogen and oxygen atoms in total. The molecule has 0 fully saturated rings. The predicted octanol–water partition coefficient (Wildman–Crippen LogP) is 3.50. The normalized spacial score (nSPS) is 11.2. The van der Waals surface area contributed by atoms with Gasteiger partial charge in [-0.3, -0.25) is 0 Å². The summed E-state index contributed by atoms with van der Waals surface area (Å²) in [7, 11) is 4.07. The largest absolute Gasteiger partial charge is 0.392 e. The van der Waals surface area contributed by atoms with Gasteiger partial charge in [0.2, 0.25) is 0 Å². The van der Waals surface area contributed by atoms with Gasteiger partial charge in [-0.1, -0.05) is 24.3 Å². The fourth-order valence-electron chi connectivity index (χ4n) is 2.54. The number of halogens is 2. The lowest BCUT2D eigenvalue weighted by Crippen LogP contribution is -2.38. The first kappa shape index (κ1) is 22.0. The monoisotopic (exact) mass is 520 g/mol. The zero-order valence-electron chi connectivity index (χ0n) is 14.9. The Morgan fingerprint density at radius 3 is 2.56 bits per heavy atom. The highest BCUT2D eigenvalue weighted by molar-refractivity contribution is 14.0. The van der Waals surface area contributed by atoms with Crippen LogP contribution in [0.5, 0.6) is 0 Å². The Hall–Kier alpha value is -1.06. The third-order valence-electron chi connectivity index (χ3n) is 3.86. The molecule has 25 heavy (non-hydrogen) atoms. The van der Waals surface area contributed by atoms with Gasteiger partial charge in [0.25, 0.3) is 0 Å². The molecule has 0 aliphatic carbocycles. The Morgan fingerprint density at radius 2 is 2.00 bits per heavy atom. The van der Waals surface area contributed by atoms with Crippen LogP contribution in [0.25, 0.3) is 0 Å². The Kier molecular flexibility index (Phi) is 9.52. The first-order valence-corrected chi connectivity index (χ1v) is 8.82. The molecule has 7 heteroatoms. The van der Waals surface area contributed by atoms with E-state index in [1.54, 1.807) is 0 Å². The zero-order valence-corrected chi connectivity index (χ0v) is 18.8. The first-order valence-electron chi connectivity index (χ1n) is 8.03. The van der Waals surface area contributed by atoms with Gasteiger partial charge >= 0.3 is 0 Å². The van der Waals surface area contributed by atoms with Crippen LogP contribution in [0.1, 0.15) is 23.7 Å². The Balaban J connectivity index is 0.00000312. The number of aryl methyl sites for hydroxylation is 1. The molecule has 0 spiro atoms. The number of aliphatic hydroxyl groups excluding tert-OH is 1. The van der Waals surface area contributed by atoms with Crippen molar-refractivity contribution in [2.45, 2.75) is 26.6 Å². The van der Waals surface area contributed by atoms with E-state index in [9.17, 15) is 5.11 Å². The van der Waals surface area contributed by atoms with Crippen molar-refractivity contribution in [2.24, 2.45) is 12.0 Å². The highest BCUT2D eigenvalue weighted by Gasteiger charge is 2.10. The summed E-state index contributed by atoms with van der Waals surface area (Å²) in [4.78, 5) is 6.83. The minimum Gasteiger partial charge on any atom is -0.392 e. The van der Waals surface area contributed by atoms with Gasteiger partial charge in [-0.25, -0.2) is 4.99 Å². The lowest BCUT2D eigenvalue weighted by atomic mass is 10.1. The molecule has 0 atom stereocenters. The van der Waals surface area contributed by atoms with Crippen LogP contribution in [0.15, 0.2) is 46.0 Å². The maximum absolute atomic E-state index is 9.44. The number of benzene rings is 1. The van der Waals surface area contributed by atoms with Crippen molar-refractivity contribution in [3.8, 4) is 0 Å². The smallest absolute Gasteiger partial charge is 0.194 e. The average Bonchev–Trinajstić information content (AvgIpc) is 2.88. The van der Waals surface area contributed by atoms with Gasteiger partial charge in [-0.2, -0.15) is 0 Å². The van der Waals surface area contributed by atoms with Gasteiger partial charge in [0.15, 0.2) is 5.96 Å². The molecule has 0 bridgehead atoms. The lowest BCUT2D eigenvalue weighted by molar-refractivity contribution is 0.280. The summed E-state index contributed by atoms with van der Waals surface area (Å²) in [6, 6.07) is 9.96. The second kappa shape index (κ2) is 10.8. The van der Waals surface area contributed by atoms with Gasteiger partial charge in [-0.05, 0) is 40.0 Å². The van der Waals surface area contributed by atoms with Crippen molar-refractivity contribution < 1.29 is 5.11 Å². The van der Waals surface area contributed by atoms with Crippen molar-refractivity contribution in [2.75, 3.05) is 13.6 Å². The summed E-state index contributed by atoms with van der Waals surface area (Å²) in [6.45, 7) is 4.21. The van der Waals surface area contributed by atoms with Crippen LogP contribution >= 0.6 is 39.9 Å².